The lowest BCUT2D eigenvalue weighted by molar-refractivity contribution is -0.130. The van der Waals surface area contributed by atoms with Gasteiger partial charge >= 0.3 is 0 Å². The van der Waals surface area contributed by atoms with Gasteiger partial charge in [-0.25, -0.2) is 0 Å². The Labute approximate surface area is 115 Å². The molecule has 1 saturated heterocycles. The summed E-state index contributed by atoms with van der Waals surface area (Å²) in [6.45, 7) is 3.04. The Morgan fingerprint density at radius 2 is 2.00 bits per heavy atom. The minimum Gasteiger partial charge on any atom is -0.326 e. The Balaban J connectivity index is 1.63. The lowest BCUT2D eigenvalue weighted by Crippen LogP contribution is -2.40. The highest BCUT2D eigenvalue weighted by Crippen LogP contribution is 2.29. The first-order chi connectivity index (χ1) is 9.24. The van der Waals surface area contributed by atoms with E-state index in [1.165, 1.54) is 24.8 Å². The van der Waals surface area contributed by atoms with E-state index in [1.807, 2.05) is 23.1 Å². The molecule has 1 saturated carbocycles. The van der Waals surface area contributed by atoms with Crippen molar-refractivity contribution in [1.29, 1.82) is 0 Å². The number of hydrogen-bond acceptors (Lipinski definition) is 2. The van der Waals surface area contributed by atoms with E-state index in [0.717, 1.165) is 18.9 Å². The van der Waals surface area contributed by atoms with Crippen molar-refractivity contribution in [1.82, 2.24) is 10.2 Å². The Bertz CT molecular complexity index is 441. The largest absolute Gasteiger partial charge is 0.326 e. The van der Waals surface area contributed by atoms with Crippen molar-refractivity contribution in [2.75, 3.05) is 6.54 Å². The fraction of sp³-hybridized carbons (Fsp3) is 0.562. The van der Waals surface area contributed by atoms with Crippen molar-refractivity contribution in [2.24, 2.45) is 5.92 Å². The summed E-state index contributed by atoms with van der Waals surface area (Å²) in [4.78, 5) is 14.5. The first kappa shape index (κ1) is 12.7. The lowest BCUT2D eigenvalue weighted by Gasteiger charge is -2.31. The van der Waals surface area contributed by atoms with Gasteiger partial charge in [0, 0.05) is 6.54 Å². The third-order valence-electron chi connectivity index (χ3n) is 4.45. The predicted octanol–water partition coefficient (Wildman–Crippen LogP) is 2.18. The van der Waals surface area contributed by atoms with E-state index < -0.39 is 0 Å². The molecule has 1 aromatic rings. The van der Waals surface area contributed by atoms with E-state index in [9.17, 15) is 4.79 Å². The van der Waals surface area contributed by atoms with Crippen LogP contribution in [0.5, 0.6) is 0 Å². The fourth-order valence-corrected chi connectivity index (χ4v) is 3.04. The quantitative estimate of drug-likeness (QED) is 0.897. The van der Waals surface area contributed by atoms with Crippen molar-refractivity contribution < 1.29 is 4.79 Å². The van der Waals surface area contributed by atoms with Gasteiger partial charge in [-0.1, -0.05) is 36.8 Å². The SMILES string of the molecule is CC1NC(Cc2ccccc2)C(=O)N1CC1CCC1. The molecule has 2 atom stereocenters. The van der Waals surface area contributed by atoms with E-state index in [4.69, 9.17) is 0 Å². The van der Waals surface area contributed by atoms with Crippen LogP contribution in [0, 0.1) is 5.92 Å². The molecule has 2 fully saturated rings. The Hall–Kier alpha value is -1.35. The molecule has 3 rings (SSSR count). The standard InChI is InChI=1S/C16H22N2O/c1-12-17-15(10-13-6-3-2-4-7-13)16(19)18(12)11-14-8-5-9-14/h2-4,6-7,12,14-15,17H,5,8-11H2,1H3. The molecule has 1 aromatic carbocycles. The van der Waals surface area contributed by atoms with Gasteiger partial charge in [-0.05, 0) is 37.7 Å². The summed E-state index contributed by atoms with van der Waals surface area (Å²) in [5.41, 5.74) is 1.23. The van der Waals surface area contributed by atoms with Crippen LogP contribution in [0.15, 0.2) is 30.3 Å². The number of nitrogens with one attached hydrogen (secondary N) is 1. The van der Waals surface area contributed by atoms with E-state index in [0.29, 0.717) is 0 Å². The molecule has 1 N–H and O–H groups in total. The van der Waals surface area contributed by atoms with Gasteiger partial charge in [0.2, 0.25) is 5.91 Å². The first-order valence-corrected chi connectivity index (χ1v) is 7.34. The van der Waals surface area contributed by atoms with E-state index in [-0.39, 0.29) is 18.1 Å². The third kappa shape index (κ3) is 2.66. The van der Waals surface area contributed by atoms with Gasteiger partial charge in [0.05, 0.1) is 12.2 Å². The number of carbonyl (C=O) groups is 1. The van der Waals surface area contributed by atoms with E-state index >= 15 is 0 Å². The molecule has 1 aliphatic carbocycles. The van der Waals surface area contributed by atoms with Crippen molar-refractivity contribution in [3.05, 3.63) is 35.9 Å². The molecule has 1 aliphatic heterocycles. The highest BCUT2D eigenvalue weighted by Gasteiger charge is 2.37. The van der Waals surface area contributed by atoms with Gasteiger partial charge in [0.15, 0.2) is 0 Å². The Morgan fingerprint density at radius 3 is 2.63 bits per heavy atom. The maximum absolute atomic E-state index is 12.5. The lowest BCUT2D eigenvalue weighted by atomic mass is 9.85. The van der Waals surface area contributed by atoms with Crippen molar-refractivity contribution in [3.63, 3.8) is 0 Å². The predicted molar refractivity (Wildman–Crippen MR) is 75.6 cm³/mol. The number of nitrogens with zero attached hydrogens (tertiary/aromatic N) is 1. The van der Waals surface area contributed by atoms with Gasteiger partial charge in [-0.15, -0.1) is 0 Å². The number of amides is 1. The fourth-order valence-electron chi connectivity index (χ4n) is 3.04. The summed E-state index contributed by atoms with van der Waals surface area (Å²) in [7, 11) is 0. The molecule has 19 heavy (non-hydrogen) atoms. The maximum Gasteiger partial charge on any atom is 0.241 e. The van der Waals surface area contributed by atoms with E-state index in [2.05, 4.69) is 24.4 Å². The monoisotopic (exact) mass is 258 g/mol. The molecule has 1 heterocycles. The summed E-state index contributed by atoms with van der Waals surface area (Å²) >= 11 is 0. The van der Waals surface area contributed by atoms with Crippen molar-refractivity contribution >= 4 is 5.91 Å². The van der Waals surface area contributed by atoms with Crippen molar-refractivity contribution in [2.45, 2.75) is 44.8 Å². The number of rotatable bonds is 4. The zero-order valence-electron chi connectivity index (χ0n) is 11.5. The highest BCUT2D eigenvalue weighted by molar-refractivity contribution is 5.84. The van der Waals surface area contributed by atoms with Crippen LogP contribution in [0.3, 0.4) is 0 Å². The Kier molecular flexibility index (Phi) is 3.56. The second kappa shape index (κ2) is 5.33. The van der Waals surface area contributed by atoms with Crippen LogP contribution in [0.4, 0.5) is 0 Å². The average Bonchev–Trinajstić information content (AvgIpc) is 2.61. The molecule has 1 amide bonds. The molecular weight excluding hydrogens is 236 g/mol. The van der Waals surface area contributed by atoms with Gasteiger partial charge in [0.1, 0.15) is 0 Å². The van der Waals surface area contributed by atoms with Crippen LogP contribution in [-0.4, -0.2) is 29.6 Å². The van der Waals surface area contributed by atoms with Crippen LogP contribution >= 0.6 is 0 Å². The van der Waals surface area contributed by atoms with Gasteiger partial charge in [-0.2, -0.15) is 0 Å². The van der Waals surface area contributed by atoms with Crippen LogP contribution in [0.2, 0.25) is 0 Å². The minimum atomic E-state index is -0.0440. The summed E-state index contributed by atoms with van der Waals surface area (Å²) in [6.07, 6.45) is 4.90. The number of carbonyl (C=O) groups excluding carboxylic acids is 1. The maximum atomic E-state index is 12.5. The first-order valence-electron chi connectivity index (χ1n) is 7.34. The van der Waals surface area contributed by atoms with Crippen LogP contribution < -0.4 is 5.32 Å². The van der Waals surface area contributed by atoms with Crippen LogP contribution in [0.25, 0.3) is 0 Å². The van der Waals surface area contributed by atoms with Gasteiger partial charge in [0.25, 0.3) is 0 Å². The summed E-state index contributed by atoms with van der Waals surface area (Å²) in [5.74, 6) is 1.02. The molecule has 0 aromatic heterocycles. The topological polar surface area (TPSA) is 32.3 Å². The average molecular weight is 258 g/mol. The second-order valence-electron chi connectivity index (χ2n) is 5.87. The van der Waals surface area contributed by atoms with Gasteiger partial charge in [-0.3, -0.25) is 10.1 Å². The molecule has 0 bridgehead atoms. The summed E-state index contributed by atoms with van der Waals surface area (Å²) < 4.78 is 0. The molecule has 102 valence electrons. The summed E-state index contributed by atoms with van der Waals surface area (Å²) in [5, 5.41) is 3.43. The van der Waals surface area contributed by atoms with Gasteiger partial charge < -0.3 is 4.90 Å². The minimum absolute atomic E-state index is 0.0440. The molecule has 2 aliphatic rings. The van der Waals surface area contributed by atoms with Crippen LogP contribution in [0.1, 0.15) is 31.7 Å². The zero-order valence-corrected chi connectivity index (χ0v) is 11.5. The van der Waals surface area contributed by atoms with Crippen LogP contribution in [-0.2, 0) is 11.2 Å². The molecule has 2 unspecified atom stereocenters. The second-order valence-corrected chi connectivity index (χ2v) is 5.87. The normalized spacial score (nSPS) is 27.6. The molecule has 3 heteroatoms. The smallest absolute Gasteiger partial charge is 0.241 e. The van der Waals surface area contributed by atoms with E-state index in [1.54, 1.807) is 0 Å². The number of benzene rings is 1. The molecule has 3 nitrogen and oxygen atoms in total. The highest BCUT2D eigenvalue weighted by atomic mass is 16.2. The molecule has 0 radical (unpaired) electrons. The Morgan fingerprint density at radius 1 is 1.26 bits per heavy atom. The molecule has 0 spiro atoms. The number of hydrogen-bond donors (Lipinski definition) is 1. The summed E-state index contributed by atoms with van der Waals surface area (Å²) in [6, 6.07) is 10.2. The molecular formula is C16H22N2O. The third-order valence-corrected chi connectivity index (χ3v) is 4.45. The van der Waals surface area contributed by atoms with Crippen molar-refractivity contribution in [3.8, 4) is 0 Å². The zero-order chi connectivity index (χ0) is 13.2.